The molecule has 1 unspecified atom stereocenters. The van der Waals surface area contributed by atoms with E-state index in [0.717, 1.165) is 5.56 Å². The summed E-state index contributed by atoms with van der Waals surface area (Å²) in [6.07, 6.45) is 0.686. The van der Waals surface area contributed by atoms with Crippen LogP contribution < -0.4 is 5.32 Å². The molecule has 1 aliphatic rings. The Morgan fingerprint density at radius 3 is 2.89 bits per heavy atom. The Kier molecular flexibility index (Phi) is 4.91. The van der Waals surface area contributed by atoms with Gasteiger partial charge in [0.1, 0.15) is 0 Å². The van der Waals surface area contributed by atoms with Crippen LogP contribution in [0, 0.1) is 5.92 Å². The van der Waals surface area contributed by atoms with E-state index in [1.54, 1.807) is 17.0 Å². The van der Waals surface area contributed by atoms with Gasteiger partial charge in [0.2, 0.25) is 0 Å². The molecule has 6 heteroatoms. The predicted molar refractivity (Wildman–Crippen MR) is 75.5 cm³/mol. The number of hydrogen-bond donors (Lipinski definition) is 2. The van der Waals surface area contributed by atoms with E-state index in [1.165, 1.54) is 0 Å². The third kappa shape index (κ3) is 3.75. The van der Waals surface area contributed by atoms with E-state index in [9.17, 15) is 4.79 Å². The van der Waals surface area contributed by atoms with E-state index < -0.39 is 0 Å². The van der Waals surface area contributed by atoms with Gasteiger partial charge in [-0.1, -0.05) is 29.3 Å². The molecule has 2 amide bonds. The third-order valence-corrected chi connectivity index (χ3v) is 3.81. The number of aliphatic hydroxyl groups excluding tert-OH is 1. The highest BCUT2D eigenvalue weighted by atomic mass is 35.5. The second-order valence-electron chi connectivity index (χ2n) is 4.68. The lowest BCUT2D eigenvalue weighted by Crippen LogP contribution is -2.50. The highest BCUT2D eigenvalue weighted by molar-refractivity contribution is 6.35. The van der Waals surface area contributed by atoms with Gasteiger partial charge in [-0.3, -0.25) is 0 Å². The average molecular weight is 303 g/mol. The van der Waals surface area contributed by atoms with E-state index in [2.05, 4.69) is 5.32 Å². The number of hydrogen-bond acceptors (Lipinski definition) is 2. The van der Waals surface area contributed by atoms with E-state index in [0.29, 0.717) is 36.1 Å². The second kappa shape index (κ2) is 6.46. The molecule has 0 saturated carbocycles. The van der Waals surface area contributed by atoms with Crippen LogP contribution in [0.15, 0.2) is 18.2 Å². The van der Waals surface area contributed by atoms with Crippen LogP contribution in [0.4, 0.5) is 4.79 Å². The summed E-state index contributed by atoms with van der Waals surface area (Å²) in [6, 6.07) is 5.16. The summed E-state index contributed by atoms with van der Waals surface area (Å²) >= 11 is 12.0. The summed E-state index contributed by atoms with van der Waals surface area (Å²) in [5.41, 5.74) is 0.867. The summed E-state index contributed by atoms with van der Waals surface area (Å²) in [5, 5.41) is 12.9. The highest BCUT2D eigenvalue weighted by Gasteiger charge is 2.25. The van der Waals surface area contributed by atoms with Gasteiger partial charge in [0.25, 0.3) is 0 Å². The summed E-state index contributed by atoms with van der Waals surface area (Å²) in [6.45, 7) is 1.83. The zero-order valence-corrected chi connectivity index (χ0v) is 11.9. The maximum atomic E-state index is 11.8. The molecule has 104 valence electrons. The quantitative estimate of drug-likeness (QED) is 0.898. The first-order valence-electron chi connectivity index (χ1n) is 6.17. The fraction of sp³-hybridized carbons (Fsp3) is 0.462. The normalized spacial score (nSPS) is 19.4. The van der Waals surface area contributed by atoms with Crippen molar-refractivity contribution >= 4 is 29.2 Å². The lowest BCUT2D eigenvalue weighted by Gasteiger charge is -2.33. The van der Waals surface area contributed by atoms with Crippen molar-refractivity contribution in [3.8, 4) is 0 Å². The Labute approximate surface area is 122 Å². The van der Waals surface area contributed by atoms with Gasteiger partial charge >= 0.3 is 6.03 Å². The molecule has 1 aromatic carbocycles. The minimum absolute atomic E-state index is 0.0970. The number of aliphatic hydroxyl groups is 1. The average Bonchev–Trinajstić information content (AvgIpc) is 2.37. The van der Waals surface area contributed by atoms with Crippen LogP contribution >= 0.6 is 23.2 Å². The van der Waals surface area contributed by atoms with Crippen molar-refractivity contribution in [1.29, 1.82) is 0 Å². The molecule has 0 bridgehead atoms. The second-order valence-corrected chi connectivity index (χ2v) is 5.52. The van der Waals surface area contributed by atoms with Gasteiger partial charge in [0.15, 0.2) is 0 Å². The predicted octanol–water partition coefficient (Wildman–Crippen LogP) is 2.52. The molecule has 19 heavy (non-hydrogen) atoms. The van der Waals surface area contributed by atoms with Gasteiger partial charge in [-0.2, -0.15) is 0 Å². The SMILES string of the molecule is O=C1NCC(CCO)CN1Cc1ccc(Cl)cc1Cl. The Morgan fingerprint density at radius 2 is 2.21 bits per heavy atom. The zero-order valence-electron chi connectivity index (χ0n) is 10.4. The monoisotopic (exact) mass is 302 g/mol. The smallest absolute Gasteiger partial charge is 0.317 e. The van der Waals surface area contributed by atoms with Crippen LogP contribution in [0.25, 0.3) is 0 Å². The van der Waals surface area contributed by atoms with Gasteiger partial charge in [-0.25, -0.2) is 4.79 Å². The summed E-state index contributed by atoms with van der Waals surface area (Å²) in [7, 11) is 0. The first-order chi connectivity index (χ1) is 9.10. The third-order valence-electron chi connectivity index (χ3n) is 3.22. The minimum atomic E-state index is -0.0970. The van der Waals surface area contributed by atoms with Gasteiger partial charge in [-0.15, -0.1) is 0 Å². The molecule has 4 nitrogen and oxygen atoms in total. The molecule has 0 radical (unpaired) electrons. The number of carbonyl (C=O) groups is 1. The first kappa shape index (κ1) is 14.4. The lowest BCUT2D eigenvalue weighted by molar-refractivity contribution is 0.151. The molecule has 0 aromatic heterocycles. The molecule has 0 aliphatic carbocycles. The van der Waals surface area contributed by atoms with Gasteiger partial charge in [-0.05, 0) is 30.0 Å². The molecule has 1 fully saturated rings. The number of rotatable bonds is 4. The van der Waals surface area contributed by atoms with Gasteiger partial charge in [0.05, 0.1) is 0 Å². The number of nitrogens with zero attached hydrogens (tertiary/aromatic N) is 1. The molecule has 1 aromatic rings. The largest absolute Gasteiger partial charge is 0.396 e. The van der Waals surface area contributed by atoms with Crippen LogP contribution in [0.5, 0.6) is 0 Å². The Hall–Kier alpha value is -0.970. The van der Waals surface area contributed by atoms with Crippen molar-refractivity contribution in [2.75, 3.05) is 19.7 Å². The van der Waals surface area contributed by atoms with Crippen molar-refractivity contribution in [2.24, 2.45) is 5.92 Å². The van der Waals surface area contributed by atoms with Crippen LogP contribution in [-0.2, 0) is 6.54 Å². The summed E-state index contributed by atoms with van der Waals surface area (Å²) < 4.78 is 0. The molecule has 2 rings (SSSR count). The van der Waals surface area contributed by atoms with E-state index >= 15 is 0 Å². The minimum Gasteiger partial charge on any atom is -0.396 e. The van der Waals surface area contributed by atoms with Gasteiger partial charge in [0, 0.05) is 36.3 Å². The number of carbonyl (C=O) groups excluding carboxylic acids is 1. The molecule has 0 spiro atoms. The first-order valence-corrected chi connectivity index (χ1v) is 6.93. The summed E-state index contributed by atoms with van der Waals surface area (Å²) in [4.78, 5) is 13.5. The molecular formula is C13H16Cl2N2O2. The maximum Gasteiger partial charge on any atom is 0.317 e. The topological polar surface area (TPSA) is 52.6 Å². The maximum absolute atomic E-state index is 11.8. The number of nitrogens with one attached hydrogen (secondary N) is 1. The van der Waals surface area contributed by atoms with Crippen LogP contribution in [-0.4, -0.2) is 35.7 Å². The molecule has 2 N–H and O–H groups in total. The van der Waals surface area contributed by atoms with Crippen molar-refractivity contribution < 1.29 is 9.90 Å². The number of urea groups is 1. The zero-order chi connectivity index (χ0) is 13.8. The molecule has 1 heterocycles. The number of halogens is 2. The van der Waals surface area contributed by atoms with Crippen molar-refractivity contribution in [2.45, 2.75) is 13.0 Å². The molecule has 1 aliphatic heterocycles. The van der Waals surface area contributed by atoms with E-state index in [1.807, 2.05) is 6.07 Å². The van der Waals surface area contributed by atoms with E-state index in [4.69, 9.17) is 28.3 Å². The molecule has 1 atom stereocenters. The van der Waals surface area contributed by atoms with Crippen LogP contribution in [0.3, 0.4) is 0 Å². The fourth-order valence-electron chi connectivity index (χ4n) is 2.17. The Bertz CT molecular complexity index is 468. The van der Waals surface area contributed by atoms with Crippen molar-refractivity contribution in [3.05, 3.63) is 33.8 Å². The number of benzene rings is 1. The number of amides is 2. The van der Waals surface area contributed by atoms with Crippen LogP contribution in [0.2, 0.25) is 10.0 Å². The molecule has 1 saturated heterocycles. The fourth-order valence-corrected chi connectivity index (χ4v) is 2.64. The van der Waals surface area contributed by atoms with Crippen LogP contribution in [0.1, 0.15) is 12.0 Å². The molecular weight excluding hydrogens is 287 g/mol. The Balaban J connectivity index is 2.05. The van der Waals surface area contributed by atoms with Gasteiger partial charge < -0.3 is 15.3 Å². The standard InChI is InChI=1S/C13H16Cl2N2O2/c14-11-2-1-10(12(15)5-11)8-17-7-9(3-4-18)6-16-13(17)19/h1-2,5,9,18H,3-4,6-8H2,(H,16,19). The van der Waals surface area contributed by atoms with Crippen molar-refractivity contribution in [1.82, 2.24) is 10.2 Å². The lowest BCUT2D eigenvalue weighted by atomic mass is 10.0. The summed E-state index contributed by atoms with van der Waals surface area (Å²) in [5.74, 6) is 0.272. The van der Waals surface area contributed by atoms with E-state index in [-0.39, 0.29) is 18.6 Å². The highest BCUT2D eigenvalue weighted by Crippen LogP contribution is 2.23. The Morgan fingerprint density at radius 1 is 1.42 bits per heavy atom. The van der Waals surface area contributed by atoms with Crippen molar-refractivity contribution in [3.63, 3.8) is 0 Å².